The minimum atomic E-state index is -0.00782. The van der Waals surface area contributed by atoms with Crippen LogP contribution < -0.4 is 0 Å². The SMILES string of the molecule is C[C@@H]1CC(CCO)OC1CO. The summed E-state index contributed by atoms with van der Waals surface area (Å²) in [5, 5.41) is 17.5. The molecule has 1 fully saturated rings. The molecule has 1 aliphatic rings. The fraction of sp³-hybridized carbons (Fsp3) is 1.00. The highest BCUT2D eigenvalue weighted by Crippen LogP contribution is 2.27. The molecule has 0 aromatic rings. The lowest BCUT2D eigenvalue weighted by atomic mass is 10.0. The van der Waals surface area contributed by atoms with E-state index in [1.165, 1.54) is 0 Å². The van der Waals surface area contributed by atoms with Gasteiger partial charge >= 0.3 is 0 Å². The quantitative estimate of drug-likeness (QED) is 0.618. The number of hydrogen-bond donors (Lipinski definition) is 2. The Hall–Kier alpha value is -0.120. The minimum Gasteiger partial charge on any atom is -0.396 e. The molecule has 3 atom stereocenters. The second-order valence-electron chi connectivity index (χ2n) is 3.20. The summed E-state index contributed by atoms with van der Waals surface area (Å²) in [7, 11) is 0. The van der Waals surface area contributed by atoms with Crippen LogP contribution in [0.5, 0.6) is 0 Å². The zero-order valence-electron chi connectivity index (χ0n) is 6.86. The second-order valence-corrected chi connectivity index (χ2v) is 3.20. The van der Waals surface area contributed by atoms with E-state index in [-0.39, 0.29) is 25.4 Å². The van der Waals surface area contributed by atoms with E-state index < -0.39 is 0 Å². The van der Waals surface area contributed by atoms with Gasteiger partial charge < -0.3 is 14.9 Å². The topological polar surface area (TPSA) is 49.7 Å². The smallest absolute Gasteiger partial charge is 0.0835 e. The van der Waals surface area contributed by atoms with Gasteiger partial charge in [0.25, 0.3) is 0 Å². The van der Waals surface area contributed by atoms with Crippen molar-refractivity contribution in [2.24, 2.45) is 5.92 Å². The first kappa shape index (κ1) is 8.97. The van der Waals surface area contributed by atoms with Crippen LogP contribution in [0.3, 0.4) is 0 Å². The molecule has 0 bridgehead atoms. The molecule has 1 saturated heterocycles. The fourth-order valence-corrected chi connectivity index (χ4v) is 1.56. The maximum Gasteiger partial charge on any atom is 0.0835 e. The van der Waals surface area contributed by atoms with Crippen LogP contribution in [-0.2, 0) is 4.74 Å². The van der Waals surface area contributed by atoms with Crippen molar-refractivity contribution in [2.45, 2.75) is 32.0 Å². The van der Waals surface area contributed by atoms with Crippen LogP contribution in [0.25, 0.3) is 0 Å². The van der Waals surface area contributed by atoms with E-state index in [0.29, 0.717) is 12.3 Å². The highest BCUT2D eigenvalue weighted by atomic mass is 16.5. The summed E-state index contributed by atoms with van der Waals surface area (Å²) >= 11 is 0. The molecule has 0 radical (unpaired) electrons. The normalized spacial score (nSPS) is 37.9. The van der Waals surface area contributed by atoms with Crippen LogP contribution in [0.4, 0.5) is 0 Å². The van der Waals surface area contributed by atoms with Gasteiger partial charge in [0.05, 0.1) is 18.8 Å². The van der Waals surface area contributed by atoms with Gasteiger partial charge in [0, 0.05) is 6.61 Å². The van der Waals surface area contributed by atoms with Gasteiger partial charge in [-0.3, -0.25) is 0 Å². The Kier molecular flexibility index (Phi) is 3.30. The average molecular weight is 160 g/mol. The summed E-state index contributed by atoms with van der Waals surface area (Å²) < 4.78 is 5.45. The van der Waals surface area contributed by atoms with Gasteiger partial charge in [-0.05, 0) is 18.8 Å². The van der Waals surface area contributed by atoms with Gasteiger partial charge in [0.2, 0.25) is 0 Å². The van der Waals surface area contributed by atoms with E-state index in [2.05, 4.69) is 6.92 Å². The highest BCUT2D eigenvalue weighted by molar-refractivity contribution is 4.78. The van der Waals surface area contributed by atoms with E-state index in [9.17, 15) is 0 Å². The van der Waals surface area contributed by atoms with Crippen LogP contribution >= 0.6 is 0 Å². The molecule has 0 amide bonds. The van der Waals surface area contributed by atoms with Crippen LogP contribution in [-0.4, -0.2) is 35.6 Å². The summed E-state index contributed by atoms with van der Waals surface area (Å²) in [6.45, 7) is 2.34. The summed E-state index contributed by atoms with van der Waals surface area (Å²) in [5.41, 5.74) is 0. The van der Waals surface area contributed by atoms with Crippen molar-refractivity contribution in [3.63, 3.8) is 0 Å². The second kappa shape index (κ2) is 4.04. The number of rotatable bonds is 3. The third-order valence-corrected chi connectivity index (χ3v) is 2.27. The van der Waals surface area contributed by atoms with Crippen molar-refractivity contribution < 1.29 is 14.9 Å². The first-order chi connectivity index (χ1) is 5.27. The Balaban J connectivity index is 2.30. The van der Waals surface area contributed by atoms with Gasteiger partial charge in [-0.15, -0.1) is 0 Å². The lowest BCUT2D eigenvalue weighted by Gasteiger charge is -2.11. The predicted octanol–water partition coefficient (Wildman–Crippen LogP) is 0.155. The minimum absolute atomic E-state index is 0.00782. The highest BCUT2D eigenvalue weighted by Gasteiger charge is 2.30. The van der Waals surface area contributed by atoms with Crippen molar-refractivity contribution in [1.29, 1.82) is 0 Å². The van der Waals surface area contributed by atoms with E-state index in [4.69, 9.17) is 14.9 Å². The summed E-state index contributed by atoms with van der Waals surface area (Å²) in [6.07, 6.45) is 1.81. The molecule has 2 N–H and O–H groups in total. The van der Waals surface area contributed by atoms with Crippen molar-refractivity contribution in [2.75, 3.05) is 13.2 Å². The Morgan fingerprint density at radius 2 is 2.18 bits per heavy atom. The first-order valence-corrected chi connectivity index (χ1v) is 4.15. The molecule has 2 unspecified atom stereocenters. The molecule has 0 spiro atoms. The maximum atomic E-state index is 8.83. The molecular formula is C8H16O3. The molecule has 11 heavy (non-hydrogen) atoms. The Morgan fingerprint density at radius 1 is 1.45 bits per heavy atom. The van der Waals surface area contributed by atoms with Crippen molar-refractivity contribution in [1.82, 2.24) is 0 Å². The first-order valence-electron chi connectivity index (χ1n) is 4.15. The molecular weight excluding hydrogens is 144 g/mol. The number of aliphatic hydroxyl groups is 2. The fourth-order valence-electron chi connectivity index (χ4n) is 1.56. The molecule has 0 aromatic heterocycles. The molecule has 1 heterocycles. The zero-order chi connectivity index (χ0) is 8.27. The molecule has 3 nitrogen and oxygen atoms in total. The Labute approximate surface area is 67.0 Å². The van der Waals surface area contributed by atoms with Crippen LogP contribution in [0.2, 0.25) is 0 Å². The molecule has 3 heteroatoms. The van der Waals surface area contributed by atoms with Gasteiger partial charge in [0.1, 0.15) is 0 Å². The van der Waals surface area contributed by atoms with Crippen molar-refractivity contribution >= 4 is 0 Å². The van der Waals surface area contributed by atoms with Gasteiger partial charge in [-0.25, -0.2) is 0 Å². The average Bonchev–Trinajstić information content (AvgIpc) is 2.32. The van der Waals surface area contributed by atoms with Crippen LogP contribution in [0.15, 0.2) is 0 Å². The molecule has 1 rings (SSSR count). The summed E-state index contributed by atoms with van der Waals surface area (Å²) in [6, 6.07) is 0. The standard InChI is InChI=1S/C8H16O3/c1-6-4-7(2-3-9)11-8(6)5-10/h6-10H,2-5H2,1H3/t6-,7?,8?/m1/s1. The van der Waals surface area contributed by atoms with Gasteiger partial charge in [-0.2, -0.15) is 0 Å². The molecule has 1 aliphatic heterocycles. The molecule has 0 saturated carbocycles. The number of ether oxygens (including phenoxy) is 1. The van der Waals surface area contributed by atoms with E-state index in [1.807, 2.05) is 0 Å². The van der Waals surface area contributed by atoms with Crippen LogP contribution in [0.1, 0.15) is 19.8 Å². The number of hydrogen-bond acceptors (Lipinski definition) is 3. The lowest BCUT2D eigenvalue weighted by molar-refractivity contribution is -0.00641. The van der Waals surface area contributed by atoms with E-state index in [0.717, 1.165) is 6.42 Å². The Morgan fingerprint density at radius 3 is 2.64 bits per heavy atom. The van der Waals surface area contributed by atoms with Gasteiger partial charge in [0.15, 0.2) is 0 Å². The van der Waals surface area contributed by atoms with E-state index in [1.54, 1.807) is 0 Å². The molecule has 0 aromatic carbocycles. The predicted molar refractivity (Wildman–Crippen MR) is 41.2 cm³/mol. The number of aliphatic hydroxyl groups excluding tert-OH is 2. The monoisotopic (exact) mass is 160 g/mol. The lowest BCUT2D eigenvalue weighted by Crippen LogP contribution is -2.18. The third-order valence-electron chi connectivity index (χ3n) is 2.27. The van der Waals surface area contributed by atoms with E-state index >= 15 is 0 Å². The zero-order valence-corrected chi connectivity index (χ0v) is 6.86. The van der Waals surface area contributed by atoms with Crippen LogP contribution in [0, 0.1) is 5.92 Å². The molecule has 0 aliphatic carbocycles. The summed E-state index contributed by atoms with van der Waals surface area (Å²) in [5.74, 6) is 0.427. The van der Waals surface area contributed by atoms with Crippen molar-refractivity contribution in [3.8, 4) is 0 Å². The third kappa shape index (κ3) is 2.15. The van der Waals surface area contributed by atoms with Crippen molar-refractivity contribution in [3.05, 3.63) is 0 Å². The summed E-state index contributed by atoms with van der Waals surface area (Å²) in [4.78, 5) is 0. The molecule has 66 valence electrons. The maximum absolute atomic E-state index is 8.83. The Bertz CT molecular complexity index is 116. The van der Waals surface area contributed by atoms with Gasteiger partial charge in [-0.1, -0.05) is 6.92 Å². The largest absolute Gasteiger partial charge is 0.396 e.